The maximum Gasteiger partial charge on any atom is 0.251 e. The highest BCUT2D eigenvalue weighted by molar-refractivity contribution is 5.96. The van der Waals surface area contributed by atoms with Gasteiger partial charge in [-0.15, -0.1) is 0 Å². The molecule has 0 saturated heterocycles. The minimum atomic E-state index is -0.777. The number of fused-ring (bicyclic) bond motifs is 2. The topological polar surface area (TPSA) is 58.2 Å². The molecule has 0 aliphatic heterocycles. The molecule has 2 N–H and O–H groups in total. The van der Waals surface area contributed by atoms with Crippen LogP contribution in [0.25, 0.3) is 0 Å². The number of rotatable bonds is 4. The van der Waals surface area contributed by atoms with E-state index in [2.05, 4.69) is 10.6 Å². The molecule has 6 rings (SSSR count). The number of carbonyl (C=O) groups excluding carboxylic acids is 2. The maximum absolute atomic E-state index is 13.9. The number of hydrogen-bond donors (Lipinski definition) is 2. The number of carbonyl (C=O) groups is 2. The summed E-state index contributed by atoms with van der Waals surface area (Å²) < 4.78 is 41.1. The molecule has 5 unspecified atom stereocenters. The normalized spacial score (nSPS) is 35.2. The summed E-state index contributed by atoms with van der Waals surface area (Å²) in [6.07, 6.45) is 5.04. The van der Waals surface area contributed by atoms with Gasteiger partial charge in [0.2, 0.25) is 0 Å². The molecule has 3 bridgehead atoms. The average molecular weight is 454 g/mol. The zero-order valence-electron chi connectivity index (χ0n) is 18.3. The average Bonchev–Trinajstić information content (AvgIpc) is 3.00. The lowest BCUT2D eigenvalue weighted by Crippen LogP contribution is -2.67. The summed E-state index contributed by atoms with van der Waals surface area (Å²) in [5.41, 5.74) is 0.156. The summed E-state index contributed by atoms with van der Waals surface area (Å²) in [6.45, 7) is 1.76. The second kappa shape index (κ2) is 6.61. The lowest BCUT2D eigenvalue weighted by atomic mass is 9.50. The monoisotopic (exact) mass is 454 g/mol. The summed E-state index contributed by atoms with van der Waals surface area (Å²) in [7, 11) is 0. The molecule has 0 aromatic heterocycles. The lowest BCUT2D eigenvalue weighted by molar-refractivity contribution is -0.0491. The Morgan fingerprint density at radius 1 is 0.788 bits per heavy atom. The van der Waals surface area contributed by atoms with E-state index in [0.29, 0.717) is 23.0 Å². The Labute approximate surface area is 189 Å². The maximum atomic E-state index is 13.9. The highest BCUT2D eigenvalue weighted by Crippen LogP contribution is 2.78. The Bertz CT molecular complexity index is 1170. The van der Waals surface area contributed by atoms with Crippen molar-refractivity contribution >= 4 is 11.8 Å². The molecule has 4 fully saturated rings. The van der Waals surface area contributed by atoms with Gasteiger partial charge >= 0.3 is 0 Å². The number of amides is 2. The van der Waals surface area contributed by atoms with Crippen LogP contribution in [-0.2, 0) is 0 Å². The molecule has 4 aliphatic rings. The first-order chi connectivity index (χ1) is 15.6. The van der Waals surface area contributed by atoms with Crippen LogP contribution in [0.4, 0.5) is 13.2 Å². The predicted molar refractivity (Wildman–Crippen MR) is 115 cm³/mol. The predicted octanol–water partition coefficient (Wildman–Crippen LogP) is 4.66. The molecule has 2 amide bonds. The minimum absolute atomic E-state index is 0.0161. The Kier molecular flexibility index (Phi) is 4.16. The third-order valence-corrected chi connectivity index (χ3v) is 8.75. The van der Waals surface area contributed by atoms with E-state index < -0.39 is 28.9 Å². The third kappa shape index (κ3) is 2.97. The van der Waals surface area contributed by atoms with E-state index in [4.69, 9.17) is 0 Å². The Balaban J connectivity index is 1.25. The summed E-state index contributed by atoms with van der Waals surface area (Å²) in [4.78, 5) is 26.0. The molecule has 5 atom stereocenters. The first kappa shape index (κ1) is 20.8. The van der Waals surface area contributed by atoms with Gasteiger partial charge in [-0.2, -0.15) is 0 Å². The van der Waals surface area contributed by atoms with Crippen LogP contribution in [0, 0.1) is 41.6 Å². The molecule has 2 aromatic rings. The quantitative estimate of drug-likeness (QED) is 0.706. The fourth-order valence-electron chi connectivity index (χ4n) is 7.99. The highest BCUT2D eigenvalue weighted by Gasteiger charge is 2.78. The van der Waals surface area contributed by atoms with Crippen LogP contribution in [0.3, 0.4) is 0 Å². The van der Waals surface area contributed by atoms with E-state index in [-0.39, 0.29) is 22.4 Å². The van der Waals surface area contributed by atoms with Crippen LogP contribution in [0.2, 0.25) is 0 Å². The van der Waals surface area contributed by atoms with Gasteiger partial charge in [0, 0.05) is 28.3 Å². The smallest absolute Gasteiger partial charge is 0.251 e. The van der Waals surface area contributed by atoms with Crippen molar-refractivity contribution in [1.29, 1.82) is 0 Å². The number of halogens is 3. The fraction of sp³-hybridized carbons (Fsp3) is 0.462. The first-order valence-corrected chi connectivity index (χ1v) is 11.5. The van der Waals surface area contributed by atoms with Gasteiger partial charge in [0.25, 0.3) is 11.8 Å². The van der Waals surface area contributed by atoms with Gasteiger partial charge in [-0.1, -0.05) is 0 Å². The van der Waals surface area contributed by atoms with Gasteiger partial charge < -0.3 is 10.6 Å². The van der Waals surface area contributed by atoms with E-state index in [0.717, 1.165) is 56.7 Å². The third-order valence-electron chi connectivity index (χ3n) is 8.75. The Morgan fingerprint density at radius 3 is 2.12 bits per heavy atom. The van der Waals surface area contributed by atoms with E-state index in [1.165, 1.54) is 12.1 Å². The van der Waals surface area contributed by atoms with Crippen molar-refractivity contribution in [3.05, 3.63) is 70.5 Å². The highest BCUT2D eigenvalue weighted by atomic mass is 19.1. The van der Waals surface area contributed by atoms with Crippen molar-refractivity contribution in [3.63, 3.8) is 0 Å². The van der Waals surface area contributed by atoms with E-state index in [9.17, 15) is 22.8 Å². The van der Waals surface area contributed by atoms with Gasteiger partial charge in [-0.25, -0.2) is 13.2 Å². The van der Waals surface area contributed by atoms with E-state index >= 15 is 0 Å². The molecule has 1 spiro atoms. The van der Waals surface area contributed by atoms with Crippen molar-refractivity contribution in [2.24, 2.45) is 17.3 Å². The summed E-state index contributed by atoms with van der Waals surface area (Å²) >= 11 is 0. The molecule has 172 valence electrons. The van der Waals surface area contributed by atoms with Crippen molar-refractivity contribution in [2.75, 3.05) is 0 Å². The van der Waals surface area contributed by atoms with Crippen molar-refractivity contribution in [3.8, 4) is 0 Å². The Morgan fingerprint density at radius 2 is 1.42 bits per heavy atom. The van der Waals surface area contributed by atoms with Gasteiger partial charge in [0.1, 0.15) is 17.5 Å². The standard InChI is InChI=1S/C26H25F3N2O2/c1-14-2-16(4-19(27)3-14)23(33)31-26-10-15-8-24(11-18(12-26)25(26,9-15)13-24)30-22(32)17-5-20(28)7-21(29)6-17/h2-7,15,18H,8-13H2,1H3,(H,30,32)(H,31,33). The van der Waals surface area contributed by atoms with Crippen LogP contribution >= 0.6 is 0 Å². The first-order valence-electron chi connectivity index (χ1n) is 11.5. The summed E-state index contributed by atoms with van der Waals surface area (Å²) in [5.74, 6) is -1.97. The number of hydrogen-bond acceptors (Lipinski definition) is 2. The van der Waals surface area contributed by atoms with Crippen LogP contribution in [0.15, 0.2) is 36.4 Å². The van der Waals surface area contributed by atoms with Gasteiger partial charge in [-0.3, -0.25) is 9.59 Å². The van der Waals surface area contributed by atoms with Gasteiger partial charge in [0.05, 0.1) is 0 Å². The van der Waals surface area contributed by atoms with E-state index in [1.807, 2.05) is 0 Å². The lowest BCUT2D eigenvalue weighted by Gasteiger charge is -2.59. The number of aryl methyl sites for hydroxylation is 1. The minimum Gasteiger partial charge on any atom is -0.347 e. The second-order valence-electron chi connectivity index (χ2n) is 10.9. The van der Waals surface area contributed by atoms with Crippen LogP contribution in [0.1, 0.15) is 64.8 Å². The Hall–Kier alpha value is -2.83. The van der Waals surface area contributed by atoms with Crippen molar-refractivity contribution < 1.29 is 22.8 Å². The molecular weight excluding hydrogens is 429 g/mol. The molecule has 0 radical (unpaired) electrons. The number of nitrogens with one attached hydrogen (secondary N) is 2. The number of benzene rings is 2. The molecule has 4 nitrogen and oxygen atoms in total. The zero-order valence-corrected chi connectivity index (χ0v) is 18.3. The fourth-order valence-corrected chi connectivity index (χ4v) is 7.99. The van der Waals surface area contributed by atoms with Crippen LogP contribution < -0.4 is 10.6 Å². The molecule has 4 aliphatic carbocycles. The SMILES string of the molecule is Cc1cc(F)cc(C(=O)NC23CC4CC5(NC(=O)c6cc(F)cc(F)c6)CC(C2)C3(C4)C5)c1. The van der Waals surface area contributed by atoms with Crippen molar-refractivity contribution in [2.45, 2.75) is 56.5 Å². The molecular formula is C26H25F3N2O2. The van der Waals surface area contributed by atoms with Gasteiger partial charge in [0.15, 0.2) is 0 Å². The summed E-state index contributed by atoms with van der Waals surface area (Å²) in [6, 6.07) is 7.22. The zero-order chi connectivity index (χ0) is 23.2. The van der Waals surface area contributed by atoms with Crippen molar-refractivity contribution in [1.82, 2.24) is 10.6 Å². The summed E-state index contributed by atoms with van der Waals surface area (Å²) in [5, 5.41) is 6.41. The molecule has 7 heteroatoms. The van der Waals surface area contributed by atoms with Crippen LogP contribution in [-0.4, -0.2) is 22.9 Å². The van der Waals surface area contributed by atoms with E-state index in [1.54, 1.807) is 13.0 Å². The molecule has 2 aromatic carbocycles. The largest absolute Gasteiger partial charge is 0.347 e. The molecule has 0 heterocycles. The molecule has 4 saturated carbocycles. The second-order valence-corrected chi connectivity index (χ2v) is 10.9. The van der Waals surface area contributed by atoms with Crippen LogP contribution in [0.5, 0.6) is 0 Å². The molecule has 33 heavy (non-hydrogen) atoms. The van der Waals surface area contributed by atoms with Gasteiger partial charge in [-0.05, 0) is 98.6 Å².